The van der Waals surface area contributed by atoms with Gasteiger partial charge in [-0.25, -0.2) is 4.98 Å². The standard InChI is InChI=1S/C25H20N2O5S.ClH/c1-14-6-8-15(9-7-14)16-10-11-17(21(12-16)32-2)25-26-19-13-22(33(29,30)31)18-4-3-5-20(28)23(18)24(19)27-25;/h3-13,28H,1-2H3,(H,26,27)(H,29,30,31);1H. The maximum atomic E-state index is 12.0. The van der Waals surface area contributed by atoms with E-state index in [0.29, 0.717) is 28.2 Å². The number of ether oxygens (including phenoxy) is 1. The Balaban J connectivity index is 0.00000274. The molecule has 5 rings (SSSR count). The third-order valence-electron chi connectivity index (χ3n) is 5.67. The smallest absolute Gasteiger partial charge is 0.295 e. The van der Waals surface area contributed by atoms with Crippen molar-refractivity contribution < 1.29 is 22.8 Å². The number of aryl methyl sites for hydroxylation is 1. The first kappa shape index (κ1) is 23.6. The number of aromatic nitrogens is 2. The molecule has 4 aromatic carbocycles. The molecule has 0 spiro atoms. The molecule has 34 heavy (non-hydrogen) atoms. The molecule has 0 atom stereocenters. The molecule has 1 aromatic heterocycles. The first-order valence-electron chi connectivity index (χ1n) is 10.1. The lowest BCUT2D eigenvalue weighted by molar-refractivity contribution is 0.416. The molecule has 0 aliphatic rings. The molecule has 0 bridgehead atoms. The van der Waals surface area contributed by atoms with Gasteiger partial charge in [-0.2, -0.15) is 8.42 Å². The summed E-state index contributed by atoms with van der Waals surface area (Å²) >= 11 is 0. The minimum absolute atomic E-state index is 0. The second kappa shape index (κ2) is 8.64. The summed E-state index contributed by atoms with van der Waals surface area (Å²) in [5, 5.41) is 10.9. The number of methoxy groups -OCH3 is 1. The fourth-order valence-electron chi connectivity index (χ4n) is 4.04. The van der Waals surface area contributed by atoms with Gasteiger partial charge in [0.15, 0.2) is 0 Å². The van der Waals surface area contributed by atoms with Crippen LogP contribution in [0.2, 0.25) is 0 Å². The van der Waals surface area contributed by atoms with Gasteiger partial charge in [-0.05, 0) is 42.3 Å². The SMILES string of the molecule is COc1cc(-c2ccc(C)cc2)ccc1-c1nc2c(cc(S(=O)(=O)O)c3cccc(O)c32)[nH]1.Cl. The first-order valence-corrected chi connectivity index (χ1v) is 11.6. The van der Waals surface area contributed by atoms with Crippen LogP contribution in [0.1, 0.15) is 5.56 Å². The third kappa shape index (κ3) is 3.96. The van der Waals surface area contributed by atoms with E-state index in [9.17, 15) is 18.1 Å². The molecule has 0 saturated heterocycles. The van der Waals surface area contributed by atoms with Crippen molar-refractivity contribution in [1.82, 2.24) is 9.97 Å². The highest BCUT2D eigenvalue weighted by molar-refractivity contribution is 7.86. The summed E-state index contributed by atoms with van der Waals surface area (Å²) in [5.74, 6) is 0.882. The Morgan fingerprint density at radius 2 is 1.68 bits per heavy atom. The maximum Gasteiger partial charge on any atom is 0.295 e. The Bertz CT molecular complexity index is 1640. The third-order valence-corrected chi connectivity index (χ3v) is 6.56. The molecule has 1 heterocycles. The molecule has 0 amide bonds. The predicted molar refractivity (Wildman–Crippen MR) is 134 cm³/mol. The highest BCUT2D eigenvalue weighted by Crippen LogP contribution is 2.39. The Hall–Kier alpha value is -3.59. The number of nitrogens with zero attached hydrogens (tertiary/aromatic N) is 1. The van der Waals surface area contributed by atoms with Gasteiger partial charge in [0, 0.05) is 5.39 Å². The number of phenols is 1. The van der Waals surface area contributed by atoms with Crippen molar-refractivity contribution in [2.75, 3.05) is 7.11 Å². The number of aromatic hydroxyl groups is 1. The topological polar surface area (TPSA) is 113 Å². The van der Waals surface area contributed by atoms with Gasteiger partial charge in [-0.1, -0.05) is 48.0 Å². The second-order valence-corrected chi connectivity index (χ2v) is 9.20. The molecule has 0 aliphatic heterocycles. The Kier molecular flexibility index (Phi) is 5.99. The molecule has 0 fully saturated rings. The number of rotatable bonds is 4. The number of imidazole rings is 1. The zero-order valence-electron chi connectivity index (χ0n) is 18.2. The quantitative estimate of drug-likeness (QED) is 0.273. The average molecular weight is 497 g/mol. The molecule has 0 aliphatic carbocycles. The number of hydrogen-bond acceptors (Lipinski definition) is 5. The molecule has 3 N–H and O–H groups in total. The van der Waals surface area contributed by atoms with Crippen molar-refractivity contribution >= 4 is 44.3 Å². The highest BCUT2D eigenvalue weighted by atomic mass is 35.5. The van der Waals surface area contributed by atoms with Crippen LogP contribution in [0, 0.1) is 6.92 Å². The van der Waals surface area contributed by atoms with Crippen molar-refractivity contribution in [1.29, 1.82) is 0 Å². The average Bonchev–Trinajstić information content (AvgIpc) is 3.22. The molecule has 0 saturated carbocycles. The number of benzene rings is 4. The van der Waals surface area contributed by atoms with Crippen LogP contribution in [0.3, 0.4) is 0 Å². The summed E-state index contributed by atoms with van der Waals surface area (Å²) in [6.07, 6.45) is 0. The van der Waals surface area contributed by atoms with E-state index in [1.807, 2.05) is 49.4 Å². The minimum Gasteiger partial charge on any atom is -0.507 e. The summed E-state index contributed by atoms with van der Waals surface area (Å²) in [5.41, 5.74) is 4.60. The van der Waals surface area contributed by atoms with Crippen molar-refractivity contribution in [2.24, 2.45) is 0 Å². The van der Waals surface area contributed by atoms with Crippen LogP contribution in [0.15, 0.2) is 71.6 Å². The van der Waals surface area contributed by atoms with E-state index in [0.717, 1.165) is 11.1 Å². The zero-order valence-corrected chi connectivity index (χ0v) is 19.9. The summed E-state index contributed by atoms with van der Waals surface area (Å²) in [7, 11) is -2.96. The molecule has 0 unspecified atom stereocenters. The second-order valence-electron chi connectivity index (χ2n) is 7.81. The van der Waals surface area contributed by atoms with Crippen molar-refractivity contribution in [3.8, 4) is 34.0 Å². The van der Waals surface area contributed by atoms with E-state index in [-0.39, 0.29) is 33.8 Å². The summed E-state index contributed by atoms with van der Waals surface area (Å²) in [4.78, 5) is 7.45. The lowest BCUT2D eigenvalue weighted by Gasteiger charge is -2.09. The normalized spacial score (nSPS) is 11.5. The van der Waals surface area contributed by atoms with Crippen LogP contribution in [-0.4, -0.2) is 35.2 Å². The number of H-pyrrole nitrogens is 1. The summed E-state index contributed by atoms with van der Waals surface area (Å²) < 4.78 is 39.3. The molecule has 174 valence electrons. The van der Waals surface area contributed by atoms with Crippen LogP contribution in [-0.2, 0) is 10.1 Å². The minimum atomic E-state index is -4.53. The van der Waals surface area contributed by atoms with Crippen LogP contribution in [0.4, 0.5) is 0 Å². The van der Waals surface area contributed by atoms with E-state index < -0.39 is 10.1 Å². The van der Waals surface area contributed by atoms with E-state index in [4.69, 9.17) is 4.74 Å². The number of fused-ring (bicyclic) bond motifs is 3. The van der Waals surface area contributed by atoms with Gasteiger partial charge in [-0.15, -0.1) is 12.4 Å². The number of nitrogens with one attached hydrogen (secondary N) is 1. The summed E-state index contributed by atoms with van der Waals surface area (Å²) in [6.45, 7) is 2.03. The van der Waals surface area contributed by atoms with Crippen LogP contribution >= 0.6 is 12.4 Å². The van der Waals surface area contributed by atoms with Gasteiger partial charge in [0.25, 0.3) is 10.1 Å². The number of hydrogen-bond donors (Lipinski definition) is 3. The van der Waals surface area contributed by atoms with Gasteiger partial charge < -0.3 is 14.8 Å². The molecule has 0 radical (unpaired) electrons. The van der Waals surface area contributed by atoms with Gasteiger partial charge in [0.2, 0.25) is 0 Å². The first-order chi connectivity index (χ1) is 15.8. The van der Waals surface area contributed by atoms with Crippen molar-refractivity contribution in [2.45, 2.75) is 11.8 Å². The Morgan fingerprint density at radius 3 is 2.35 bits per heavy atom. The van der Waals surface area contributed by atoms with Crippen molar-refractivity contribution in [3.63, 3.8) is 0 Å². The highest BCUT2D eigenvalue weighted by Gasteiger charge is 2.21. The summed E-state index contributed by atoms with van der Waals surface area (Å²) in [6, 6.07) is 19.7. The van der Waals surface area contributed by atoms with E-state index >= 15 is 0 Å². The molecule has 9 heteroatoms. The van der Waals surface area contributed by atoms with E-state index in [1.165, 1.54) is 29.8 Å². The van der Waals surface area contributed by atoms with Crippen LogP contribution in [0.5, 0.6) is 11.5 Å². The number of phenolic OH excluding ortho intramolecular Hbond substituents is 1. The fraction of sp³-hybridized carbons (Fsp3) is 0.0800. The lowest BCUT2D eigenvalue weighted by atomic mass is 10.0. The Labute approximate surface area is 202 Å². The molecule has 7 nitrogen and oxygen atoms in total. The van der Waals surface area contributed by atoms with Crippen molar-refractivity contribution in [3.05, 3.63) is 72.3 Å². The van der Waals surface area contributed by atoms with Crippen LogP contribution in [0.25, 0.3) is 44.3 Å². The predicted octanol–water partition coefficient (Wildman–Crippen LogP) is 5.74. The number of aromatic amines is 1. The fourth-order valence-corrected chi connectivity index (χ4v) is 4.75. The molecular weight excluding hydrogens is 476 g/mol. The van der Waals surface area contributed by atoms with E-state index in [2.05, 4.69) is 9.97 Å². The molecule has 5 aromatic rings. The monoisotopic (exact) mass is 496 g/mol. The van der Waals surface area contributed by atoms with Gasteiger partial charge in [0.05, 0.1) is 23.6 Å². The van der Waals surface area contributed by atoms with Crippen LogP contribution < -0.4 is 4.74 Å². The largest absolute Gasteiger partial charge is 0.507 e. The van der Waals surface area contributed by atoms with Gasteiger partial charge >= 0.3 is 0 Å². The Morgan fingerprint density at radius 1 is 0.971 bits per heavy atom. The lowest BCUT2D eigenvalue weighted by Crippen LogP contribution is -1.99. The van der Waals surface area contributed by atoms with Gasteiger partial charge in [-0.3, -0.25) is 4.55 Å². The van der Waals surface area contributed by atoms with Gasteiger partial charge in [0.1, 0.15) is 27.7 Å². The zero-order chi connectivity index (χ0) is 23.3. The maximum absolute atomic E-state index is 12.0. The van der Waals surface area contributed by atoms with E-state index in [1.54, 1.807) is 7.11 Å². The molecular formula is C25H21ClN2O5S. The number of halogens is 1.